The Labute approximate surface area is 264 Å². The molecule has 14 nitrogen and oxygen atoms in total. The molecule has 16 heteroatoms. The molecular weight excluding hydrogens is 622 g/mol. The number of aromatic nitrogens is 3. The lowest BCUT2D eigenvalue weighted by Crippen LogP contribution is -2.31. The molecule has 5 rings (SSSR count). The largest absolute Gasteiger partial charge is 0.493 e. The van der Waals surface area contributed by atoms with E-state index in [-0.39, 0.29) is 15.7 Å². The summed E-state index contributed by atoms with van der Waals surface area (Å²) in [6.45, 7) is 3.16. The van der Waals surface area contributed by atoms with Crippen LogP contribution in [0.3, 0.4) is 0 Å². The fourth-order valence-corrected chi connectivity index (χ4v) is 6.36. The van der Waals surface area contributed by atoms with Crippen molar-refractivity contribution in [3.63, 3.8) is 0 Å². The smallest absolute Gasteiger partial charge is 0.347 e. The fourth-order valence-electron chi connectivity index (χ4n) is 5.04. The number of fused-ring (bicyclic) bond motifs is 1. The van der Waals surface area contributed by atoms with Crippen LogP contribution in [0.2, 0.25) is 0 Å². The lowest BCUT2D eigenvalue weighted by atomic mass is 10.0. The molecule has 0 saturated carbocycles. The van der Waals surface area contributed by atoms with Gasteiger partial charge >= 0.3 is 5.97 Å². The molecule has 1 aliphatic rings. The van der Waals surface area contributed by atoms with E-state index in [1.165, 1.54) is 12.1 Å². The Bertz CT molecular complexity index is 1800. The summed E-state index contributed by atoms with van der Waals surface area (Å²) in [4.78, 5) is 27.8. The summed E-state index contributed by atoms with van der Waals surface area (Å²) < 4.78 is 39.9. The van der Waals surface area contributed by atoms with Crippen molar-refractivity contribution >= 4 is 50.0 Å². The number of anilines is 4. The summed E-state index contributed by atoms with van der Waals surface area (Å²) in [5.41, 5.74) is 3.02. The molecule has 0 spiro atoms. The second-order valence-electron chi connectivity index (χ2n) is 10.2. The van der Waals surface area contributed by atoms with Crippen molar-refractivity contribution in [2.75, 3.05) is 43.4 Å². The Balaban J connectivity index is 1.50. The van der Waals surface area contributed by atoms with Gasteiger partial charge in [0.25, 0.3) is 0 Å². The van der Waals surface area contributed by atoms with Crippen molar-refractivity contribution in [3.8, 4) is 17.2 Å². The summed E-state index contributed by atoms with van der Waals surface area (Å²) in [6, 6.07) is 10.1. The number of carboxylic acid groups (broad SMARTS) is 1. The van der Waals surface area contributed by atoms with Crippen LogP contribution in [0.5, 0.6) is 17.2 Å². The second kappa shape index (κ2) is 13.1. The molecule has 5 N–H and O–H groups in total. The number of hydrogen-bond donors (Lipinski definition) is 4. The van der Waals surface area contributed by atoms with Gasteiger partial charge in [-0.1, -0.05) is 23.5 Å². The minimum absolute atomic E-state index is 0.0388. The first-order valence-electron chi connectivity index (χ1n) is 13.8. The monoisotopic (exact) mass is 655 g/mol. The zero-order chi connectivity index (χ0) is 32.3. The van der Waals surface area contributed by atoms with Gasteiger partial charge in [-0.15, -0.1) is 0 Å². The maximum Gasteiger partial charge on any atom is 0.347 e. The van der Waals surface area contributed by atoms with E-state index >= 15 is 0 Å². The summed E-state index contributed by atoms with van der Waals surface area (Å²) in [6.07, 6.45) is 1.55. The number of hydrogen-bond acceptors (Lipinski definition) is 13. The molecule has 0 unspecified atom stereocenters. The van der Waals surface area contributed by atoms with Crippen LogP contribution in [0.4, 0.5) is 22.7 Å². The van der Waals surface area contributed by atoms with Crippen molar-refractivity contribution < 1.29 is 32.5 Å². The molecule has 1 aliphatic heterocycles. The number of aryl methyl sites for hydroxylation is 1. The van der Waals surface area contributed by atoms with E-state index in [1.54, 1.807) is 40.4 Å². The van der Waals surface area contributed by atoms with Gasteiger partial charge in [0.05, 0.1) is 31.9 Å². The van der Waals surface area contributed by atoms with Crippen molar-refractivity contribution in [1.29, 1.82) is 0 Å². The van der Waals surface area contributed by atoms with Gasteiger partial charge in [0.2, 0.25) is 21.7 Å². The highest BCUT2D eigenvalue weighted by Crippen LogP contribution is 2.39. The number of carbonyl (C=O) groups is 1. The number of methoxy groups -OCH3 is 3. The van der Waals surface area contributed by atoms with Crippen LogP contribution in [0.15, 0.2) is 41.3 Å². The molecule has 45 heavy (non-hydrogen) atoms. The Morgan fingerprint density at radius 1 is 1.04 bits per heavy atom. The van der Waals surface area contributed by atoms with Crippen LogP contribution in [-0.2, 0) is 29.5 Å². The number of nitrogens with one attached hydrogen (secondary N) is 2. The number of benzene rings is 2. The highest BCUT2D eigenvalue weighted by molar-refractivity contribution is 7.89. The van der Waals surface area contributed by atoms with Crippen molar-refractivity contribution in [2.24, 2.45) is 5.14 Å². The SMILES string of the molecule is COc1cc(CNc2nc(Nc3nc(C)c(C(=O)O)s3)nc3c2CCCN3Cc2ccc(S(N)(=O)=O)cc2)cc(OC)c1OC. The highest BCUT2D eigenvalue weighted by atomic mass is 32.2. The standard InChI is InChI=1S/C29H33N7O7S2/c1-16-24(27(37)38)44-29(32-16)35-28-33-25(31-14-18-12-21(41-2)23(43-4)22(13-18)42-3)20-6-5-11-36(26(20)34-28)15-17-7-9-19(10-8-17)45(30,39)40/h7-10,12-13H,5-6,11,14-15H2,1-4H3,(H,37,38)(H2,30,39,40)(H2,31,32,33,34,35). The molecule has 3 heterocycles. The number of rotatable bonds is 12. The Kier molecular flexibility index (Phi) is 9.27. The molecule has 0 bridgehead atoms. The third kappa shape index (κ3) is 7.02. The number of aromatic carboxylic acids is 1. The first-order chi connectivity index (χ1) is 21.5. The van der Waals surface area contributed by atoms with Crippen LogP contribution in [0, 0.1) is 6.92 Å². The summed E-state index contributed by atoms with van der Waals surface area (Å²) in [5.74, 6) is 2.00. The van der Waals surface area contributed by atoms with Gasteiger partial charge in [-0.25, -0.2) is 23.3 Å². The lowest BCUT2D eigenvalue weighted by Gasteiger charge is -2.31. The molecule has 0 atom stereocenters. The Morgan fingerprint density at radius 3 is 2.31 bits per heavy atom. The number of thiazole rings is 1. The van der Waals surface area contributed by atoms with Crippen molar-refractivity contribution in [1.82, 2.24) is 15.0 Å². The fraction of sp³-hybridized carbons (Fsp3) is 0.310. The van der Waals surface area contributed by atoms with Gasteiger partial charge in [0, 0.05) is 25.2 Å². The average molecular weight is 656 g/mol. The third-order valence-electron chi connectivity index (χ3n) is 7.16. The van der Waals surface area contributed by atoms with Crippen LogP contribution in [0.1, 0.15) is 38.5 Å². The maximum atomic E-state index is 11.7. The highest BCUT2D eigenvalue weighted by Gasteiger charge is 2.25. The molecule has 2 aromatic heterocycles. The molecule has 4 aromatic rings. The van der Waals surface area contributed by atoms with E-state index in [4.69, 9.17) is 29.3 Å². The number of sulfonamides is 1. The van der Waals surface area contributed by atoms with Gasteiger partial charge in [-0.3, -0.25) is 5.32 Å². The Morgan fingerprint density at radius 2 is 1.73 bits per heavy atom. The average Bonchev–Trinajstić information content (AvgIpc) is 3.39. The van der Waals surface area contributed by atoms with Gasteiger partial charge in [-0.05, 0) is 55.2 Å². The first-order valence-corrected chi connectivity index (χ1v) is 16.1. The number of primary sulfonamides is 1. The predicted octanol–water partition coefficient (Wildman–Crippen LogP) is 3.92. The molecular formula is C29H33N7O7S2. The van der Waals surface area contributed by atoms with Crippen LogP contribution < -0.4 is 34.9 Å². The lowest BCUT2D eigenvalue weighted by molar-refractivity contribution is 0.0701. The topological polar surface area (TPSA) is 191 Å². The van der Waals surface area contributed by atoms with Gasteiger partial charge in [-0.2, -0.15) is 9.97 Å². The van der Waals surface area contributed by atoms with E-state index in [2.05, 4.69) is 20.5 Å². The van der Waals surface area contributed by atoms with Crippen molar-refractivity contribution in [2.45, 2.75) is 37.8 Å². The third-order valence-corrected chi connectivity index (χ3v) is 9.15. The summed E-state index contributed by atoms with van der Waals surface area (Å²) in [5, 5.41) is 21.6. The molecule has 2 aromatic carbocycles. The number of ether oxygens (including phenoxy) is 3. The summed E-state index contributed by atoms with van der Waals surface area (Å²) >= 11 is 1.000. The van der Waals surface area contributed by atoms with E-state index in [0.29, 0.717) is 65.8 Å². The van der Waals surface area contributed by atoms with Crippen molar-refractivity contribution in [3.05, 3.63) is 63.7 Å². The van der Waals surface area contributed by atoms with E-state index in [1.807, 2.05) is 12.1 Å². The number of nitrogens with zero attached hydrogens (tertiary/aromatic N) is 4. The molecule has 0 amide bonds. The number of carboxylic acids is 1. The first kappa shape index (κ1) is 31.7. The zero-order valence-corrected chi connectivity index (χ0v) is 26.7. The quantitative estimate of drug-likeness (QED) is 0.172. The molecule has 0 saturated heterocycles. The van der Waals surface area contributed by atoms with E-state index in [9.17, 15) is 18.3 Å². The van der Waals surface area contributed by atoms with Gasteiger partial charge in [0.1, 0.15) is 16.5 Å². The molecule has 0 aliphatic carbocycles. The van der Waals surface area contributed by atoms with Crippen LogP contribution in [-0.4, -0.2) is 62.3 Å². The zero-order valence-electron chi connectivity index (χ0n) is 25.1. The molecule has 238 valence electrons. The second-order valence-corrected chi connectivity index (χ2v) is 12.7. The van der Waals surface area contributed by atoms with Gasteiger partial charge in [0.15, 0.2) is 16.6 Å². The molecule has 0 radical (unpaired) electrons. The normalized spacial score (nSPS) is 12.8. The molecule has 0 fully saturated rings. The predicted molar refractivity (Wildman–Crippen MR) is 170 cm³/mol. The maximum absolute atomic E-state index is 11.7. The summed E-state index contributed by atoms with van der Waals surface area (Å²) in [7, 11) is 0.851. The van der Waals surface area contributed by atoms with Crippen LogP contribution >= 0.6 is 11.3 Å². The minimum Gasteiger partial charge on any atom is -0.493 e. The Hall–Kier alpha value is -4.67. The van der Waals surface area contributed by atoms with Gasteiger partial charge < -0.3 is 29.5 Å². The van der Waals surface area contributed by atoms with E-state index in [0.717, 1.165) is 34.4 Å². The number of nitrogens with two attached hydrogens (primary N) is 1. The minimum atomic E-state index is -3.81. The van der Waals surface area contributed by atoms with E-state index < -0.39 is 16.0 Å². The van der Waals surface area contributed by atoms with Crippen LogP contribution in [0.25, 0.3) is 0 Å².